The molecule has 0 fully saturated rings. The zero-order chi connectivity index (χ0) is 17.5. The molecule has 0 aliphatic rings. The number of nitrogens with one attached hydrogen (secondary N) is 1. The van der Waals surface area contributed by atoms with E-state index in [1.54, 1.807) is 54.6 Å². The summed E-state index contributed by atoms with van der Waals surface area (Å²) in [5.41, 5.74) is 0.366. The molecular formula is C18H9ClN4O. The van der Waals surface area contributed by atoms with Crippen molar-refractivity contribution in [3.8, 4) is 18.2 Å². The normalized spacial score (nSPS) is 9.08. The van der Waals surface area contributed by atoms with Gasteiger partial charge in [-0.05, 0) is 18.2 Å². The summed E-state index contributed by atoms with van der Waals surface area (Å²) in [6, 6.07) is 18.1. The zero-order valence-electron chi connectivity index (χ0n) is 12.2. The molecule has 0 bridgehead atoms. The Hall–Kier alpha value is -3.59. The Balaban J connectivity index is 2.53. The van der Waals surface area contributed by atoms with E-state index in [4.69, 9.17) is 27.4 Å². The summed E-state index contributed by atoms with van der Waals surface area (Å²) in [7, 11) is 0. The van der Waals surface area contributed by atoms with Gasteiger partial charge in [0.25, 0.3) is 0 Å². The lowest BCUT2D eigenvalue weighted by Crippen LogP contribution is -2.08. The highest BCUT2D eigenvalue weighted by Crippen LogP contribution is 2.25. The maximum atomic E-state index is 12.7. The fourth-order valence-electron chi connectivity index (χ4n) is 1.98. The van der Waals surface area contributed by atoms with Gasteiger partial charge in [0, 0.05) is 16.1 Å². The second-order valence-corrected chi connectivity index (χ2v) is 5.03. The van der Waals surface area contributed by atoms with E-state index in [2.05, 4.69) is 5.32 Å². The molecule has 0 amide bonds. The molecule has 0 atom stereocenters. The van der Waals surface area contributed by atoms with Crippen LogP contribution < -0.4 is 5.32 Å². The lowest BCUT2D eigenvalue weighted by atomic mass is 10.0. The van der Waals surface area contributed by atoms with Crippen LogP contribution in [0.2, 0.25) is 5.02 Å². The maximum absolute atomic E-state index is 12.7. The summed E-state index contributed by atoms with van der Waals surface area (Å²) in [5.74, 6) is -0.298. The van der Waals surface area contributed by atoms with Crippen molar-refractivity contribution in [1.29, 1.82) is 15.8 Å². The van der Waals surface area contributed by atoms with Gasteiger partial charge in [-0.3, -0.25) is 4.79 Å². The molecule has 0 aliphatic heterocycles. The minimum Gasteiger partial charge on any atom is -0.345 e. The third kappa shape index (κ3) is 3.59. The largest absolute Gasteiger partial charge is 0.345 e. The fraction of sp³-hybridized carbons (Fsp3) is 0. The smallest absolute Gasteiger partial charge is 0.195 e. The minimum absolute atomic E-state index is 0.232. The molecular weight excluding hydrogens is 324 g/mol. The number of allylic oxidation sites excluding steroid dienone is 2. The molecule has 0 spiro atoms. The number of carbonyl (C=O) groups excluding carboxylic acids is 1. The summed E-state index contributed by atoms with van der Waals surface area (Å²) in [5, 5.41) is 30.0. The molecule has 24 heavy (non-hydrogen) atoms. The van der Waals surface area contributed by atoms with Crippen LogP contribution in [0.3, 0.4) is 0 Å². The van der Waals surface area contributed by atoms with E-state index in [9.17, 15) is 4.79 Å². The number of nitriles is 3. The highest BCUT2D eigenvalue weighted by atomic mass is 35.5. The zero-order valence-corrected chi connectivity index (χ0v) is 13.0. The van der Waals surface area contributed by atoms with Gasteiger partial charge in [-0.25, -0.2) is 0 Å². The van der Waals surface area contributed by atoms with Crippen molar-refractivity contribution in [2.75, 3.05) is 5.32 Å². The van der Waals surface area contributed by atoms with Gasteiger partial charge in [0.2, 0.25) is 0 Å². The van der Waals surface area contributed by atoms with Crippen molar-refractivity contribution in [2.45, 2.75) is 0 Å². The average molecular weight is 333 g/mol. The highest BCUT2D eigenvalue weighted by molar-refractivity contribution is 6.31. The van der Waals surface area contributed by atoms with E-state index in [0.717, 1.165) is 0 Å². The third-order valence-electron chi connectivity index (χ3n) is 3.11. The number of rotatable bonds is 4. The van der Waals surface area contributed by atoms with Gasteiger partial charge in [-0.1, -0.05) is 41.9 Å². The number of anilines is 1. The number of carbonyl (C=O) groups is 1. The van der Waals surface area contributed by atoms with E-state index in [-0.39, 0.29) is 28.3 Å². The van der Waals surface area contributed by atoms with Crippen LogP contribution in [0.15, 0.2) is 59.8 Å². The number of hydrogen-bond donors (Lipinski definition) is 1. The molecule has 5 nitrogen and oxygen atoms in total. The summed E-state index contributed by atoms with van der Waals surface area (Å²) >= 11 is 5.97. The first-order chi connectivity index (χ1) is 11.6. The summed E-state index contributed by atoms with van der Waals surface area (Å²) < 4.78 is 0. The number of ketones is 1. The highest BCUT2D eigenvalue weighted by Gasteiger charge is 2.16. The third-order valence-corrected chi connectivity index (χ3v) is 3.34. The van der Waals surface area contributed by atoms with Crippen LogP contribution in [-0.4, -0.2) is 5.78 Å². The Morgan fingerprint density at radius 2 is 1.62 bits per heavy atom. The Bertz CT molecular complexity index is 928. The quantitative estimate of drug-likeness (QED) is 0.677. The lowest BCUT2D eigenvalue weighted by Gasteiger charge is -2.11. The van der Waals surface area contributed by atoms with Crippen molar-refractivity contribution < 1.29 is 4.79 Å². The number of halogens is 1. The summed E-state index contributed by atoms with van der Waals surface area (Å²) in [6.07, 6.45) is 0. The first-order valence-corrected chi connectivity index (χ1v) is 7.09. The first kappa shape index (κ1) is 16.8. The van der Waals surface area contributed by atoms with Crippen molar-refractivity contribution in [3.05, 3.63) is 76.0 Å². The Morgan fingerprint density at radius 3 is 2.21 bits per heavy atom. The molecule has 0 aliphatic carbocycles. The molecule has 114 valence electrons. The number of benzene rings is 2. The Labute approximate surface area is 143 Å². The van der Waals surface area contributed by atoms with E-state index in [1.807, 2.05) is 0 Å². The van der Waals surface area contributed by atoms with Crippen LogP contribution in [0.5, 0.6) is 0 Å². The second kappa shape index (κ2) is 7.61. The van der Waals surface area contributed by atoms with Gasteiger partial charge in [0.05, 0.1) is 5.69 Å². The SMILES string of the molecule is N#CC(C#N)=C(C#N)Nc1ccc(Cl)cc1C(=O)c1ccccc1. The van der Waals surface area contributed by atoms with E-state index in [0.29, 0.717) is 10.6 Å². The van der Waals surface area contributed by atoms with Gasteiger partial charge >= 0.3 is 0 Å². The molecule has 0 saturated carbocycles. The molecule has 1 N–H and O–H groups in total. The molecule has 2 rings (SSSR count). The molecule has 0 aromatic heterocycles. The maximum Gasteiger partial charge on any atom is 0.195 e. The predicted molar refractivity (Wildman–Crippen MR) is 88.8 cm³/mol. The van der Waals surface area contributed by atoms with Crippen LogP contribution in [-0.2, 0) is 0 Å². The lowest BCUT2D eigenvalue weighted by molar-refractivity contribution is 0.103. The van der Waals surface area contributed by atoms with Crippen molar-refractivity contribution in [2.24, 2.45) is 0 Å². The molecule has 6 heteroatoms. The molecule has 2 aromatic carbocycles. The van der Waals surface area contributed by atoms with Crippen LogP contribution >= 0.6 is 11.6 Å². The van der Waals surface area contributed by atoms with Crippen molar-refractivity contribution in [3.63, 3.8) is 0 Å². The average Bonchev–Trinajstić information content (AvgIpc) is 2.63. The van der Waals surface area contributed by atoms with Gasteiger partial charge in [0.15, 0.2) is 11.4 Å². The Morgan fingerprint density at radius 1 is 0.958 bits per heavy atom. The van der Waals surface area contributed by atoms with Crippen LogP contribution in [0.1, 0.15) is 15.9 Å². The van der Waals surface area contributed by atoms with Crippen molar-refractivity contribution in [1.82, 2.24) is 0 Å². The molecule has 0 saturated heterocycles. The van der Waals surface area contributed by atoms with Gasteiger partial charge < -0.3 is 5.32 Å². The second-order valence-electron chi connectivity index (χ2n) is 4.60. The standard InChI is InChI=1S/C18H9ClN4O/c19-14-6-7-16(23-17(11-22)13(9-20)10-21)15(8-14)18(24)12-4-2-1-3-5-12/h1-8,23H. The molecule has 0 radical (unpaired) electrons. The van der Waals surface area contributed by atoms with E-state index >= 15 is 0 Å². The topological polar surface area (TPSA) is 100 Å². The van der Waals surface area contributed by atoms with E-state index < -0.39 is 0 Å². The summed E-state index contributed by atoms with van der Waals surface area (Å²) in [6.45, 7) is 0. The molecule has 0 heterocycles. The van der Waals surface area contributed by atoms with E-state index in [1.165, 1.54) is 12.1 Å². The predicted octanol–water partition coefficient (Wildman–Crippen LogP) is 3.81. The van der Waals surface area contributed by atoms with Crippen LogP contribution in [0, 0.1) is 34.0 Å². The number of hydrogen-bond acceptors (Lipinski definition) is 5. The van der Waals surface area contributed by atoms with Gasteiger partial charge in [-0.15, -0.1) is 0 Å². The monoisotopic (exact) mass is 332 g/mol. The van der Waals surface area contributed by atoms with Gasteiger partial charge in [0.1, 0.15) is 23.9 Å². The fourth-order valence-corrected chi connectivity index (χ4v) is 2.15. The van der Waals surface area contributed by atoms with Crippen LogP contribution in [0.25, 0.3) is 0 Å². The molecule has 2 aromatic rings. The van der Waals surface area contributed by atoms with Gasteiger partial charge in [-0.2, -0.15) is 15.8 Å². The van der Waals surface area contributed by atoms with Crippen molar-refractivity contribution >= 4 is 23.1 Å². The Kier molecular flexibility index (Phi) is 5.32. The molecule has 0 unspecified atom stereocenters. The minimum atomic E-state index is -0.370. The first-order valence-electron chi connectivity index (χ1n) is 6.71. The summed E-state index contributed by atoms with van der Waals surface area (Å²) in [4.78, 5) is 12.7. The number of nitrogens with zero attached hydrogens (tertiary/aromatic N) is 3. The van der Waals surface area contributed by atoms with Crippen LogP contribution in [0.4, 0.5) is 5.69 Å².